The van der Waals surface area contributed by atoms with Gasteiger partial charge in [0.1, 0.15) is 5.82 Å². The molecule has 120 valence electrons. The van der Waals surface area contributed by atoms with Gasteiger partial charge in [-0.2, -0.15) is 0 Å². The van der Waals surface area contributed by atoms with E-state index in [9.17, 15) is 0 Å². The summed E-state index contributed by atoms with van der Waals surface area (Å²) in [5, 5.41) is 3.54. The number of rotatable bonds is 3. The molecule has 0 radical (unpaired) electrons. The molecule has 3 nitrogen and oxygen atoms in total. The SMILES string of the molecule is Cc1nc2ccccc2n1CC1(C2C=CC=CC2)CCNCC1. The van der Waals surface area contributed by atoms with Gasteiger partial charge in [0.2, 0.25) is 0 Å². The van der Waals surface area contributed by atoms with Crippen molar-refractivity contribution in [3.8, 4) is 0 Å². The lowest BCUT2D eigenvalue weighted by atomic mass is 9.66. The summed E-state index contributed by atoms with van der Waals surface area (Å²) in [5.74, 6) is 1.77. The third-order valence-electron chi connectivity index (χ3n) is 5.68. The number of imidazole rings is 1. The summed E-state index contributed by atoms with van der Waals surface area (Å²) in [6.07, 6.45) is 12.8. The quantitative estimate of drug-likeness (QED) is 0.933. The van der Waals surface area contributed by atoms with Crippen molar-refractivity contribution < 1.29 is 0 Å². The highest BCUT2D eigenvalue weighted by Crippen LogP contribution is 2.43. The Balaban J connectivity index is 1.73. The molecular weight excluding hydrogens is 282 g/mol. The van der Waals surface area contributed by atoms with E-state index in [1.807, 2.05) is 0 Å². The summed E-state index contributed by atoms with van der Waals surface area (Å²) in [5.41, 5.74) is 2.73. The van der Waals surface area contributed by atoms with Gasteiger partial charge < -0.3 is 9.88 Å². The summed E-state index contributed by atoms with van der Waals surface area (Å²) < 4.78 is 2.45. The van der Waals surface area contributed by atoms with E-state index in [0.717, 1.165) is 31.0 Å². The van der Waals surface area contributed by atoms with Gasteiger partial charge in [-0.15, -0.1) is 0 Å². The van der Waals surface area contributed by atoms with Crippen LogP contribution in [0.2, 0.25) is 0 Å². The van der Waals surface area contributed by atoms with Gasteiger partial charge in [-0.05, 0) is 62.7 Å². The van der Waals surface area contributed by atoms with Crippen molar-refractivity contribution in [2.45, 2.75) is 32.7 Å². The summed E-state index contributed by atoms with van der Waals surface area (Å²) >= 11 is 0. The fourth-order valence-corrected chi connectivity index (χ4v) is 4.32. The van der Waals surface area contributed by atoms with E-state index >= 15 is 0 Å². The zero-order chi connectivity index (χ0) is 15.7. The van der Waals surface area contributed by atoms with Crippen molar-refractivity contribution in [1.29, 1.82) is 0 Å². The molecule has 0 saturated carbocycles. The van der Waals surface area contributed by atoms with Crippen LogP contribution in [0.25, 0.3) is 11.0 Å². The highest BCUT2D eigenvalue weighted by atomic mass is 15.1. The maximum Gasteiger partial charge on any atom is 0.106 e. The monoisotopic (exact) mass is 307 g/mol. The van der Waals surface area contributed by atoms with Crippen LogP contribution in [-0.4, -0.2) is 22.6 Å². The van der Waals surface area contributed by atoms with Crippen molar-refractivity contribution in [3.05, 3.63) is 54.4 Å². The predicted molar refractivity (Wildman–Crippen MR) is 95.4 cm³/mol. The minimum atomic E-state index is 0.334. The first kappa shape index (κ1) is 14.7. The Kier molecular flexibility index (Phi) is 3.82. The first-order valence-electron chi connectivity index (χ1n) is 8.74. The van der Waals surface area contributed by atoms with Crippen molar-refractivity contribution in [2.75, 3.05) is 13.1 Å². The second-order valence-electron chi connectivity index (χ2n) is 7.00. The van der Waals surface area contributed by atoms with Crippen molar-refractivity contribution >= 4 is 11.0 Å². The third kappa shape index (κ3) is 2.63. The minimum absolute atomic E-state index is 0.334. The minimum Gasteiger partial charge on any atom is -0.328 e. The van der Waals surface area contributed by atoms with E-state index in [1.54, 1.807) is 0 Å². The van der Waals surface area contributed by atoms with Crippen LogP contribution < -0.4 is 5.32 Å². The van der Waals surface area contributed by atoms with Gasteiger partial charge in [-0.1, -0.05) is 36.4 Å². The van der Waals surface area contributed by atoms with Gasteiger partial charge >= 0.3 is 0 Å². The molecule has 1 atom stereocenters. The van der Waals surface area contributed by atoms with E-state index in [4.69, 9.17) is 4.98 Å². The fraction of sp³-hybridized carbons (Fsp3) is 0.450. The number of nitrogens with one attached hydrogen (secondary N) is 1. The van der Waals surface area contributed by atoms with Crippen LogP contribution in [0.3, 0.4) is 0 Å². The molecule has 2 heterocycles. The number of hydrogen-bond acceptors (Lipinski definition) is 2. The van der Waals surface area contributed by atoms with Crippen LogP contribution >= 0.6 is 0 Å². The molecule has 1 aliphatic carbocycles. The smallest absolute Gasteiger partial charge is 0.106 e. The molecule has 3 heteroatoms. The number of benzene rings is 1. The topological polar surface area (TPSA) is 29.9 Å². The number of piperidine rings is 1. The molecule has 1 aliphatic heterocycles. The van der Waals surface area contributed by atoms with Gasteiger partial charge in [-0.3, -0.25) is 0 Å². The molecule has 1 aromatic carbocycles. The molecule has 1 unspecified atom stereocenters. The van der Waals surface area contributed by atoms with Gasteiger partial charge in [-0.25, -0.2) is 4.98 Å². The second-order valence-corrected chi connectivity index (χ2v) is 7.00. The standard InChI is InChI=1S/C20H25N3/c1-16-22-18-9-5-6-10-19(18)23(16)15-20(11-13-21-14-12-20)17-7-3-2-4-8-17/h2-7,9-10,17,21H,8,11-15H2,1H3. The molecule has 2 aromatic rings. The van der Waals surface area contributed by atoms with Crippen molar-refractivity contribution in [2.24, 2.45) is 11.3 Å². The molecule has 4 rings (SSSR count). The lowest BCUT2D eigenvalue weighted by Gasteiger charge is -2.44. The Morgan fingerprint density at radius 3 is 2.83 bits per heavy atom. The maximum absolute atomic E-state index is 4.77. The van der Waals surface area contributed by atoms with Crippen LogP contribution in [0.4, 0.5) is 0 Å². The van der Waals surface area contributed by atoms with E-state index < -0.39 is 0 Å². The molecule has 0 spiro atoms. The average molecular weight is 307 g/mol. The second kappa shape index (κ2) is 5.97. The average Bonchev–Trinajstić information content (AvgIpc) is 2.92. The van der Waals surface area contributed by atoms with Crippen LogP contribution in [-0.2, 0) is 6.54 Å². The number of aryl methyl sites for hydroxylation is 1. The van der Waals surface area contributed by atoms with Gasteiger partial charge in [0.05, 0.1) is 11.0 Å². The molecule has 23 heavy (non-hydrogen) atoms. The molecule has 1 N–H and O–H groups in total. The molecule has 0 amide bonds. The van der Waals surface area contributed by atoms with Crippen LogP contribution in [0.1, 0.15) is 25.1 Å². The zero-order valence-electron chi connectivity index (χ0n) is 13.8. The molecular formula is C20H25N3. The molecule has 0 bridgehead atoms. The summed E-state index contributed by atoms with van der Waals surface area (Å²) in [7, 11) is 0. The molecule has 1 saturated heterocycles. The lowest BCUT2D eigenvalue weighted by molar-refractivity contribution is 0.109. The number of aromatic nitrogens is 2. The Labute approximate surface area is 138 Å². The van der Waals surface area contributed by atoms with Gasteiger partial charge in [0, 0.05) is 6.54 Å². The molecule has 1 aromatic heterocycles. The predicted octanol–water partition coefficient (Wildman–Crippen LogP) is 3.85. The van der Waals surface area contributed by atoms with Crippen molar-refractivity contribution in [3.63, 3.8) is 0 Å². The summed E-state index contributed by atoms with van der Waals surface area (Å²) in [6, 6.07) is 8.53. The Morgan fingerprint density at radius 2 is 2.04 bits per heavy atom. The lowest BCUT2D eigenvalue weighted by Crippen LogP contribution is -2.44. The first-order chi connectivity index (χ1) is 11.3. The number of fused-ring (bicyclic) bond motifs is 1. The zero-order valence-corrected chi connectivity index (χ0v) is 13.8. The maximum atomic E-state index is 4.77. The largest absolute Gasteiger partial charge is 0.328 e. The van der Waals surface area contributed by atoms with Gasteiger partial charge in [0.15, 0.2) is 0 Å². The summed E-state index contributed by atoms with van der Waals surface area (Å²) in [6.45, 7) is 5.47. The van der Waals surface area contributed by atoms with E-state index in [2.05, 4.69) is 65.4 Å². The number of nitrogens with zero attached hydrogens (tertiary/aromatic N) is 2. The molecule has 1 fully saturated rings. The van der Waals surface area contributed by atoms with Crippen LogP contribution in [0, 0.1) is 18.3 Å². The number of para-hydroxylation sites is 2. The van der Waals surface area contributed by atoms with Crippen LogP contribution in [0.15, 0.2) is 48.6 Å². The van der Waals surface area contributed by atoms with Crippen LogP contribution in [0.5, 0.6) is 0 Å². The third-order valence-corrected chi connectivity index (χ3v) is 5.68. The van der Waals surface area contributed by atoms with E-state index in [-0.39, 0.29) is 0 Å². The Bertz CT molecular complexity index is 747. The number of hydrogen-bond donors (Lipinski definition) is 1. The first-order valence-corrected chi connectivity index (χ1v) is 8.74. The fourth-order valence-electron chi connectivity index (χ4n) is 4.32. The molecule has 2 aliphatic rings. The van der Waals surface area contributed by atoms with E-state index in [0.29, 0.717) is 11.3 Å². The van der Waals surface area contributed by atoms with Gasteiger partial charge in [0.25, 0.3) is 0 Å². The summed E-state index contributed by atoms with van der Waals surface area (Å²) in [4.78, 5) is 4.77. The normalized spacial score (nSPS) is 23.4. The Morgan fingerprint density at radius 1 is 1.22 bits per heavy atom. The number of allylic oxidation sites excluding steroid dienone is 4. The van der Waals surface area contributed by atoms with Crippen molar-refractivity contribution in [1.82, 2.24) is 14.9 Å². The highest BCUT2D eigenvalue weighted by Gasteiger charge is 2.39. The highest BCUT2D eigenvalue weighted by molar-refractivity contribution is 5.75. The van der Waals surface area contributed by atoms with E-state index in [1.165, 1.54) is 24.8 Å². The Hall–Kier alpha value is -1.87.